The van der Waals surface area contributed by atoms with Gasteiger partial charge in [0.15, 0.2) is 5.82 Å². The van der Waals surface area contributed by atoms with E-state index in [1.54, 1.807) is 18.2 Å². The Morgan fingerprint density at radius 2 is 1.89 bits per heavy atom. The maximum absolute atomic E-state index is 12.5. The second-order valence-corrected chi connectivity index (χ2v) is 6.46. The van der Waals surface area contributed by atoms with Crippen molar-refractivity contribution in [2.75, 3.05) is 18.5 Å². The first kappa shape index (κ1) is 18.8. The van der Waals surface area contributed by atoms with Gasteiger partial charge in [0.2, 0.25) is 5.13 Å². The predicted octanol–water partition coefficient (Wildman–Crippen LogP) is 4.64. The number of hydrogen-bond donors (Lipinski definition) is 1. The second-order valence-electron chi connectivity index (χ2n) is 5.71. The van der Waals surface area contributed by atoms with Gasteiger partial charge in [-0.1, -0.05) is 13.0 Å². The van der Waals surface area contributed by atoms with Crippen molar-refractivity contribution < 1.29 is 14.3 Å². The van der Waals surface area contributed by atoms with Gasteiger partial charge < -0.3 is 9.47 Å². The molecule has 0 aliphatic carbocycles. The molecule has 2 aromatic carbocycles. The van der Waals surface area contributed by atoms with Crippen molar-refractivity contribution in [3.05, 3.63) is 54.1 Å². The molecule has 0 radical (unpaired) electrons. The molecule has 0 aliphatic rings. The van der Waals surface area contributed by atoms with Gasteiger partial charge in [-0.15, -0.1) is 0 Å². The first-order valence-electron chi connectivity index (χ1n) is 8.80. The molecule has 1 aromatic heterocycles. The van der Waals surface area contributed by atoms with Crippen LogP contribution in [0.5, 0.6) is 11.5 Å². The topological polar surface area (TPSA) is 73.3 Å². The summed E-state index contributed by atoms with van der Waals surface area (Å²) < 4.78 is 15.3. The van der Waals surface area contributed by atoms with E-state index >= 15 is 0 Å². The molecule has 0 fully saturated rings. The predicted molar refractivity (Wildman–Crippen MR) is 107 cm³/mol. The van der Waals surface area contributed by atoms with Crippen LogP contribution >= 0.6 is 11.5 Å². The molecule has 1 amide bonds. The summed E-state index contributed by atoms with van der Waals surface area (Å²) in [7, 11) is 0. The molecule has 0 aliphatic heterocycles. The highest BCUT2D eigenvalue weighted by Gasteiger charge is 2.12. The van der Waals surface area contributed by atoms with E-state index in [0.29, 0.717) is 35.5 Å². The number of rotatable bonds is 8. The highest BCUT2D eigenvalue weighted by molar-refractivity contribution is 7.10. The summed E-state index contributed by atoms with van der Waals surface area (Å²) in [5.41, 5.74) is 1.38. The molecule has 0 unspecified atom stereocenters. The van der Waals surface area contributed by atoms with Gasteiger partial charge in [0.1, 0.15) is 11.5 Å². The number of nitrogens with one attached hydrogen (secondary N) is 1. The molecule has 0 spiro atoms. The van der Waals surface area contributed by atoms with Crippen LogP contribution in [-0.2, 0) is 0 Å². The molecule has 140 valence electrons. The Labute approximate surface area is 162 Å². The van der Waals surface area contributed by atoms with Gasteiger partial charge in [-0.25, -0.2) is 0 Å². The highest BCUT2D eigenvalue weighted by Crippen LogP contribution is 2.24. The van der Waals surface area contributed by atoms with Gasteiger partial charge >= 0.3 is 0 Å². The molecular formula is C20H21N3O3S. The van der Waals surface area contributed by atoms with Gasteiger partial charge in [0, 0.05) is 22.7 Å². The Morgan fingerprint density at radius 1 is 1.07 bits per heavy atom. The van der Waals surface area contributed by atoms with E-state index in [4.69, 9.17) is 9.47 Å². The lowest BCUT2D eigenvalue weighted by Gasteiger charge is -2.06. The molecule has 3 rings (SSSR count). The fourth-order valence-electron chi connectivity index (χ4n) is 2.37. The summed E-state index contributed by atoms with van der Waals surface area (Å²) in [4.78, 5) is 16.9. The quantitative estimate of drug-likeness (QED) is 0.613. The molecule has 0 saturated heterocycles. The van der Waals surface area contributed by atoms with Gasteiger partial charge in [0.25, 0.3) is 5.91 Å². The van der Waals surface area contributed by atoms with Crippen LogP contribution in [0.1, 0.15) is 30.6 Å². The summed E-state index contributed by atoms with van der Waals surface area (Å²) in [5, 5.41) is 3.24. The maximum atomic E-state index is 12.5. The number of anilines is 1. The maximum Gasteiger partial charge on any atom is 0.257 e. The van der Waals surface area contributed by atoms with E-state index in [1.165, 1.54) is 0 Å². The molecule has 0 bridgehead atoms. The number of aromatic nitrogens is 2. The zero-order chi connectivity index (χ0) is 19.1. The van der Waals surface area contributed by atoms with Gasteiger partial charge in [-0.3, -0.25) is 10.1 Å². The van der Waals surface area contributed by atoms with Gasteiger partial charge in [0.05, 0.1) is 13.2 Å². The van der Waals surface area contributed by atoms with E-state index in [-0.39, 0.29) is 5.91 Å². The van der Waals surface area contributed by atoms with Crippen molar-refractivity contribution in [1.82, 2.24) is 9.36 Å². The van der Waals surface area contributed by atoms with Crippen molar-refractivity contribution in [2.24, 2.45) is 0 Å². The molecule has 3 aromatic rings. The average Bonchev–Trinajstić information content (AvgIpc) is 3.16. The van der Waals surface area contributed by atoms with E-state index in [1.807, 2.05) is 44.2 Å². The van der Waals surface area contributed by atoms with Crippen LogP contribution in [0.2, 0.25) is 0 Å². The van der Waals surface area contributed by atoms with Crippen molar-refractivity contribution >= 4 is 22.6 Å². The van der Waals surface area contributed by atoms with Crippen LogP contribution in [0.15, 0.2) is 48.5 Å². The van der Waals surface area contributed by atoms with Gasteiger partial charge in [-0.2, -0.15) is 9.36 Å². The van der Waals surface area contributed by atoms with Crippen LogP contribution in [0, 0.1) is 0 Å². The lowest BCUT2D eigenvalue weighted by atomic mass is 10.2. The third-order valence-corrected chi connectivity index (χ3v) is 4.27. The van der Waals surface area contributed by atoms with E-state index in [2.05, 4.69) is 14.7 Å². The van der Waals surface area contributed by atoms with Crippen LogP contribution in [-0.4, -0.2) is 28.5 Å². The molecule has 0 atom stereocenters. The lowest BCUT2D eigenvalue weighted by Crippen LogP contribution is -2.11. The van der Waals surface area contributed by atoms with E-state index in [9.17, 15) is 4.79 Å². The highest BCUT2D eigenvalue weighted by atomic mass is 32.1. The summed E-state index contributed by atoms with van der Waals surface area (Å²) in [6, 6.07) is 14.6. The lowest BCUT2D eigenvalue weighted by molar-refractivity contribution is 0.102. The molecule has 27 heavy (non-hydrogen) atoms. The number of nitrogens with zero attached hydrogens (tertiary/aromatic N) is 2. The Balaban J connectivity index is 1.67. The Bertz CT molecular complexity index is 893. The first-order chi connectivity index (χ1) is 13.2. The fraction of sp³-hybridized carbons (Fsp3) is 0.250. The average molecular weight is 383 g/mol. The Kier molecular flexibility index (Phi) is 6.38. The monoisotopic (exact) mass is 383 g/mol. The molecule has 7 heteroatoms. The minimum Gasteiger partial charge on any atom is -0.494 e. The van der Waals surface area contributed by atoms with Crippen LogP contribution in [0.25, 0.3) is 11.4 Å². The first-order valence-corrected chi connectivity index (χ1v) is 9.58. The van der Waals surface area contributed by atoms with E-state index < -0.39 is 0 Å². The second kappa shape index (κ2) is 9.14. The summed E-state index contributed by atoms with van der Waals surface area (Å²) in [6.07, 6.45) is 0.912. The van der Waals surface area contributed by atoms with Crippen molar-refractivity contribution in [3.63, 3.8) is 0 Å². The number of amides is 1. The van der Waals surface area contributed by atoms with Gasteiger partial charge in [-0.05, 0) is 55.8 Å². The summed E-state index contributed by atoms with van der Waals surface area (Å²) in [5.74, 6) is 1.80. The number of hydrogen-bond acceptors (Lipinski definition) is 6. The molecule has 0 saturated carbocycles. The smallest absolute Gasteiger partial charge is 0.257 e. The normalized spacial score (nSPS) is 10.4. The summed E-state index contributed by atoms with van der Waals surface area (Å²) >= 11 is 1.14. The van der Waals surface area contributed by atoms with Crippen LogP contribution < -0.4 is 14.8 Å². The van der Waals surface area contributed by atoms with Crippen LogP contribution in [0.4, 0.5) is 5.13 Å². The Morgan fingerprint density at radius 3 is 2.63 bits per heavy atom. The zero-order valence-corrected chi connectivity index (χ0v) is 16.1. The number of ether oxygens (including phenoxy) is 2. The molecule has 1 heterocycles. The number of benzene rings is 2. The molecular weight excluding hydrogens is 362 g/mol. The largest absolute Gasteiger partial charge is 0.494 e. The standard InChI is InChI=1S/C20H21N3O3S/c1-3-12-26-17-7-5-6-15(13-17)19(24)22-20-21-18(23-27-20)14-8-10-16(11-9-14)25-4-2/h5-11,13H,3-4,12H2,1-2H3,(H,21,22,23,24). The number of carbonyl (C=O) groups is 1. The molecule has 1 N–H and O–H groups in total. The Hall–Kier alpha value is -2.93. The van der Waals surface area contributed by atoms with E-state index in [0.717, 1.165) is 29.3 Å². The van der Waals surface area contributed by atoms with Crippen molar-refractivity contribution in [3.8, 4) is 22.9 Å². The fourth-order valence-corrected chi connectivity index (χ4v) is 2.96. The number of carbonyl (C=O) groups excluding carboxylic acids is 1. The third-order valence-electron chi connectivity index (χ3n) is 3.64. The minimum absolute atomic E-state index is 0.244. The zero-order valence-electron chi connectivity index (χ0n) is 15.3. The third kappa shape index (κ3) is 5.04. The SMILES string of the molecule is CCCOc1cccc(C(=O)Nc2nc(-c3ccc(OCC)cc3)ns2)c1. The van der Waals surface area contributed by atoms with Crippen molar-refractivity contribution in [2.45, 2.75) is 20.3 Å². The molecule has 6 nitrogen and oxygen atoms in total. The minimum atomic E-state index is -0.244. The summed E-state index contributed by atoms with van der Waals surface area (Å²) in [6.45, 7) is 5.21. The van der Waals surface area contributed by atoms with Crippen LogP contribution in [0.3, 0.4) is 0 Å². The van der Waals surface area contributed by atoms with Crippen molar-refractivity contribution in [1.29, 1.82) is 0 Å².